The van der Waals surface area contributed by atoms with Gasteiger partial charge < -0.3 is 0 Å². The van der Waals surface area contributed by atoms with Crippen LogP contribution in [0.3, 0.4) is 0 Å². The van der Waals surface area contributed by atoms with Crippen LogP contribution in [-0.4, -0.2) is 4.98 Å². The van der Waals surface area contributed by atoms with E-state index in [2.05, 4.69) is 25.8 Å². The number of pyridine rings is 1. The third kappa shape index (κ3) is 1.37. The molecule has 0 aliphatic heterocycles. The molecule has 0 radical (unpaired) electrons. The highest BCUT2D eigenvalue weighted by atomic mass is 14.7. The molecule has 0 saturated carbocycles. The molecular weight excluding hydrogens is 158 g/mol. The number of rotatable bonds is 1. The molecule has 0 fully saturated rings. The summed E-state index contributed by atoms with van der Waals surface area (Å²) in [6, 6.07) is 0. The van der Waals surface area contributed by atoms with E-state index in [0.717, 1.165) is 0 Å². The maximum atomic E-state index is 4.50. The van der Waals surface area contributed by atoms with E-state index in [9.17, 15) is 0 Å². The van der Waals surface area contributed by atoms with Crippen LogP contribution in [0, 0.1) is 6.92 Å². The molecule has 1 aliphatic carbocycles. The molecule has 2 rings (SSSR count). The monoisotopic (exact) mass is 175 g/mol. The van der Waals surface area contributed by atoms with Gasteiger partial charge in [-0.2, -0.15) is 0 Å². The molecule has 0 N–H and O–H groups in total. The van der Waals surface area contributed by atoms with E-state index >= 15 is 0 Å². The van der Waals surface area contributed by atoms with E-state index in [1.807, 2.05) is 6.20 Å². The van der Waals surface area contributed by atoms with Gasteiger partial charge in [-0.1, -0.05) is 13.8 Å². The Bertz CT molecular complexity index is 326. The van der Waals surface area contributed by atoms with Crippen molar-refractivity contribution in [1.29, 1.82) is 0 Å². The van der Waals surface area contributed by atoms with Crippen molar-refractivity contribution in [2.75, 3.05) is 0 Å². The van der Waals surface area contributed by atoms with Crippen LogP contribution in [0.25, 0.3) is 0 Å². The lowest BCUT2D eigenvalue weighted by atomic mass is 9.93. The normalized spacial score (nSPS) is 15.1. The van der Waals surface area contributed by atoms with Crippen LogP contribution < -0.4 is 0 Å². The van der Waals surface area contributed by atoms with Crippen LogP contribution in [0.2, 0.25) is 0 Å². The molecule has 70 valence electrons. The molecule has 0 aromatic carbocycles. The maximum Gasteiger partial charge on any atom is 0.0438 e. The Balaban J connectivity index is 2.58. The lowest BCUT2D eigenvalue weighted by molar-refractivity contribution is 0.827. The standard InChI is InChI=1S/C12H17N/c1-8(2)12-9(3)7-13-11-6-4-5-10(11)12/h7-8H,4-6H2,1-3H3. The zero-order valence-electron chi connectivity index (χ0n) is 8.72. The topological polar surface area (TPSA) is 12.9 Å². The number of aryl methyl sites for hydroxylation is 2. The summed E-state index contributed by atoms with van der Waals surface area (Å²) in [5, 5.41) is 0. The number of fused-ring (bicyclic) bond motifs is 1. The van der Waals surface area contributed by atoms with Crippen LogP contribution in [0.4, 0.5) is 0 Å². The van der Waals surface area contributed by atoms with Crippen LogP contribution in [0.5, 0.6) is 0 Å². The first-order chi connectivity index (χ1) is 6.20. The van der Waals surface area contributed by atoms with E-state index in [-0.39, 0.29) is 0 Å². The number of hydrogen-bond acceptors (Lipinski definition) is 1. The highest BCUT2D eigenvalue weighted by molar-refractivity contribution is 5.40. The molecule has 0 spiro atoms. The van der Waals surface area contributed by atoms with Gasteiger partial charge in [0.1, 0.15) is 0 Å². The Morgan fingerprint density at radius 1 is 1.31 bits per heavy atom. The summed E-state index contributed by atoms with van der Waals surface area (Å²) >= 11 is 0. The summed E-state index contributed by atoms with van der Waals surface area (Å²) in [6.45, 7) is 6.74. The third-order valence-electron chi connectivity index (χ3n) is 2.93. The highest BCUT2D eigenvalue weighted by Gasteiger charge is 2.18. The Morgan fingerprint density at radius 2 is 2.08 bits per heavy atom. The number of aromatic nitrogens is 1. The van der Waals surface area contributed by atoms with Crippen molar-refractivity contribution in [3.8, 4) is 0 Å². The van der Waals surface area contributed by atoms with Gasteiger partial charge >= 0.3 is 0 Å². The highest BCUT2D eigenvalue weighted by Crippen LogP contribution is 2.30. The second kappa shape index (κ2) is 3.13. The molecule has 0 bridgehead atoms. The smallest absolute Gasteiger partial charge is 0.0438 e. The summed E-state index contributed by atoms with van der Waals surface area (Å²) in [5.41, 5.74) is 5.84. The Hall–Kier alpha value is -0.850. The Labute approximate surface area is 80.2 Å². The molecule has 0 atom stereocenters. The fourth-order valence-corrected chi connectivity index (χ4v) is 2.45. The fourth-order valence-electron chi connectivity index (χ4n) is 2.45. The second-order valence-electron chi connectivity index (χ2n) is 4.29. The quantitative estimate of drug-likeness (QED) is 0.639. The summed E-state index contributed by atoms with van der Waals surface area (Å²) in [5.74, 6) is 0.648. The summed E-state index contributed by atoms with van der Waals surface area (Å²) in [6.07, 6.45) is 5.78. The minimum absolute atomic E-state index is 0.648. The molecule has 13 heavy (non-hydrogen) atoms. The number of hydrogen-bond donors (Lipinski definition) is 0. The lowest BCUT2D eigenvalue weighted by Gasteiger charge is -2.14. The van der Waals surface area contributed by atoms with Gasteiger partial charge in [0.25, 0.3) is 0 Å². The molecule has 1 aliphatic rings. The molecule has 0 unspecified atom stereocenters. The van der Waals surface area contributed by atoms with Crippen LogP contribution in [-0.2, 0) is 12.8 Å². The second-order valence-corrected chi connectivity index (χ2v) is 4.29. The van der Waals surface area contributed by atoms with Crippen LogP contribution in [0.1, 0.15) is 48.6 Å². The fraction of sp³-hybridized carbons (Fsp3) is 0.583. The minimum Gasteiger partial charge on any atom is -0.261 e. The van der Waals surface area contributed by atoms with E-state index in [1.54, 1.807) is 11.1 Å². The maximum absolute atomic E-state index is 4.50. The van der Waals surface area contributed by atoms with Gasteiger partial charge in [-0.15, -0.1) is 0 Å². The first-order valence-electron chi connectivity index (χ1n) is 5.17. The van der Waals surface area contributed by atoms with E-state index < -0.39 is 0 Å². The van der Waals surface area contributed by atoms with Gasteiger partial charge in [0.15, 0.2) is 0 Å². The molecule has 0 saturated heterocycles. The third-order valence-corrected chi connectivity index (χ3v) is 2.93. The van der Waals surface area contributed by atoms with Crippen molar-refractivity contribution in [2.24, 2.45) is 0 Å². The van der Waals surface area contributed by atoms with Crippen molar-refractivity contribution in [1.82, 2.24) is 4.98 Å². The largest absolute Gasteiger partial charge is 0.261 e. The van der Waals surface area contributed by atoms with Crippen molar-refractivity contribution in [3.63, 3.8) is 0 Å². The van der Waals surface area contributed by atoms with Crippen molar-refractivity contribution in [2.45, 2.75) is 46.0 Å². The Morgan fingerprint density at radius 3 is 2.77 bits per heavy atom. The lowest BCUT2D eigenvalue weighted by Crippen LogP contribution is -2.01. The van der Waals surface area contributed by atoms with Gasteiger partial charge in [-0.25, -0.2) is 0 Å². The van der Waals surface area contributed by atoms with E-state index in [1.165, 1.54) is 30.5 Å². The minimum atomic E-state index is 0.648. The van der Waals surface area contributed by atoms with Gasteiger partial charge in [-0.05, 0) is 48.8 Å². The molecule has 0 amide bonds. The molecule has 1 aromatic rings. The van der Waals surface area contributed by atoms with Gasteiger partial charge in [-0.3, -0.25) is 4.98 Å². The van der Waals surface area contributed by atoms with Gasteiger partial charge in [0.2, 0.25) is 0 Å². The average molecular weight is 175 g/mol. The van der Waals surface area contributed by atoms with Crippen LogP contribution >= 0.6 is 0 Å². The predicted molar refractivity (Wildman–Crippen MR) is 55.1 cm³/mol. The van der Waals surface area contributed by atoms with Crippen LogP contribution in [0.15, 0.2) is 6.20 Å². The molecular formula is C12H17N. The summed E-state index contributed by atoms with van der Waals surface area (Å²) in [7, 11) is 0. The van der Waals surface area contributed by atoms with Gasteiger partial charge in [0.05, 0.1) is 0 Å². The summed E-state index contributed by atoms with van der Waals surface area (Å²) in [4.78, 5) is 4.50. The Kier molecular flexibility index (Phi) is 2.10. The molecule has 1 heteroatoms. The molecule has 1 heterocycles. The van der Waals surface area contributed by atoms with Gasteiger partial charge in [0, 0.05) is 11.9 Å². The molecule has 1 nitrogen and oxygen atoms in total. The first kappa shape index (κ1) is 8.74. The number of nitrogens with zero attached hydrogens (tertiary/aromatic N) is 1. The zero-order valence-corrected chi connectivity index (χ0v) is 8.72. The van der Waals surface area contributed by atoms with Crippen molar-refractivity contribution < 1.29 is 0 Å². The summed E-state index contributed by atoms with van der Waals surface area (Å²) < 4.78 is 0. The van der Waals surface area contributed by atoms with Crippen molar-refractivity contribution >= 4 is 0 Å². The zero-order chi connectivity index (χ0) is 9.42. The average Bonchev–Trinajstić information content (AvgIpc) is 2.50. The first-order valence-corrected chi connectivity index (χ1v) is 5.17. The predicted octanol–water partition coefficient (Wildman–Crippen LogP) is 3.00. The van der Waals surface area contributed by atoms with E-state index in [4.69, 9.17) is 0 Å². The SMILES string of the molecule is Cc1cnc2c(c1C(C)C)CCC2. The van der Waals surface area contributed by atoms with Crippen molar-refractivity contribution in [3.05, 3.63) is 28.6 Å². The van der Waals surface area contributed by atoms with E-state index in [0.29, 0.717) is 5.92 Å². The molecule has 1 aromatic heterocycles.